The number of nitrogens with zero attached hydrogens (tertiary/aromatic N) is 2. The number of benzene rings is 3. The van der Waals surface area contributed by atoms with Crippen molar-refractivity contribution in [1.29, 1.82) is 0 Å². The Morgan fingerprint density at radius 2 is 1.85 bits per heavy atom. The number of rotatable bonds is 9. The maximum atomic E-state index is 13.7. The second-order valence-electron chi connectivity index (χ2n) is 10.4. The molecule has 0 bridgehead atoms. The van der Waals surface area contributed by atoms with Crippen LogP contribution in [0.15, 0.2) is 66.7 Å². The Labute approximate surface area is 239 Å². The monoisotopic (exact) mass is 564 g/mol. The predicted octanol–water partition coefficient (Wildman–Crippen LogP) is 4.83. The molecule has 0 spiro atoms. The van der Waals surface area contributed by atoms with E-state index in [1.165, 1.54) is 24.3 Å². The summed E-state index contributed by atoms with van der Waals surface area (Å²) in [5, 5.41) is 15.4. The Kier molecular flexibility index (Phi) is 9.80. The highest BCUT2D eigenvalue weighted by atomic mass is 19.1. The van der Waals surface area contributed by atoms with Gasteiger partial charge in [-0.05, 0) is 68.1 Å². The Bertz CT molecular complexity index is 1340. The number of nitrogens with one attached hydrogen (secondary N) is 2. The summed E-state index contributed by atoms with van der Waals surface area (Å²) in [5.74, 6) is 0.250. The van der Waals surface area contributed by atoms with Gasteiger partial charge in [-0.2, -0.15) is 0 Å². The maximum absolute atomic E-state index is 13.7. The van der Waals surface area contributed by atoms with E-state index in [0.717, 1.165) is 11.3 Å². The van der Waals surface area contributed by atoms with E-state index in [1.54, 1.807) is 37.1 Å². The van der Waals surface area contributed by atoms with Crippen molar-refractivity contribution in [2.24, 2.45) is 5.92 Å². The Balaban J connectivity index is 1.61. The van der Waals surface area contributed by atoms with Crippen molar-refractivity contribution >= 4 is 23.3 Å². The number of methoxy groups -OCH3 is 1. The van der Waals surface area contributed by atoms with Crippen molar-refractivity contribution in [3.8, 4) is 11.5 Å². The first-order chi connectivity index (χ1) is 19.7. The van der Waals surface area contributed by atoms with Gasteiger partial charge in [0.25, 0.3) is 5.91 Å². The minimum Gasteiger partial charge on any atom is -0.497 e. The van der Waals surface area contributed by atoms with Gasteiger partial charge in [-0.3, -0.25) is 9.69 Å². The van der Waals surface area contributed by atoms with Crippen LogP contribution in [0, 0.1) is 11.7 Å². The summed E-state index contributed by atoms with van der Waals surface area (Å²) in [5.41, 5.74) is 2.13. The molecule has 1 aliphatic rings. The van der Waals surface area contributed by atoms with E-state index in [4.69, 9.17) is 9.47 Å². The normalized spacial score (nSPS) is 17.6. The number of hydrogen-bond donors (Lipinski definition) is 3. The number of carbonyl (C=O) groups excluding carboxylic acids is 2. The highest BCUT2D eigenvalue weighted by Gasteiger charge is 2.34. The number of para-hydroxylation sites is 1. The second kappa shape index (κ2) is 13.5. The molecule has 9 nitrogen and oxygen atoms in total. The van der Waals surface area contributed by atoms with Crippen LogP contribution < -0.4 is 20.1 Å². The number of carbonyl (C=O) groups is 2. The molecule has 1 aliphatic heterocycles. The third kappa shape index (κ3) is 7.53. The van der Waals surface area contributed by atoms with Gasteiger partial charge >= 0.3 is 6.03 Å². The van der Waals surface area contributed by atoms with Crippen LogP contribution in [-0.2, 0) is 6.54 Å². The first kappa shape index (κ1) is 29.8. The second-order valence-corrected chi connectivity index (χ2v) is 10.4. The van der Waals surface area contributed by atoms with Crippen molar-refractivity contribution in [3.05, 3.63) is 83.7 Å². The molecule has 0 unspecified atom stereocenters. The zero-order chi connectivity index (χ0) is 29.5. The topological polar surface area (TPSA) is 103 Å². The van der Waals surface area contributed by atoms with Gasteiger partial charge in [-0.1, -0.05) is 25.1 Å². The van der Waals surface area contributed by atoms with Crippen LogP contribution in [0.1, 0.15) is 29.8 Å². The van der Waals surface area contributed by atoms with Gasteiger partial charge in [0.1, 0.15) is 17.7 Å². The van der Waals surface area contributed by atoms with Gasteiger partial charge in [-0.25, -0.2) is 9.18 Å². The molecule has 0 radical (unpaired) electrons. The number of anilines is 2. The number of urea groups is 1. The van der Waals surface area contributed by atoms with Crippen molar-refractivity contribution in [3.63, 3.8) is 0 Å². The third-order valence-electron chi connectivity index (χ3n) is 7.14. The highest BCUT2D eigenvalue weighted by molar-refractivity contribution is 6.04. The van der Waals surface area contributed by atoms with Crippen LogP contribution >= 0.6 is 0 Å². The number of likely N-dealkylation sites (N-methyl/N-ethyl adjacent to an activating group) is 1. The molecule has 3 atom stereocenters. The average molecular weight is 565 g/mol. The summed E-state index contributed by atoms with van der Waals surface area (Å²) in [7, 11) is 3.63. The molecule has 3 amide bonds. The van der Waals surface area contributed by atoms with Gasteiger partial charge in [0.2, 0.25) is 0 Å². The van der Waals surface area contributed by atoms with E-state index < -0.39 is 17.9 Å². The molecule has 0 aliphatic carbocycles. The number of fused-ring (bicyclic) bond motifs is 1. The van der Waals surface area contributed by atoms with Crippen LogP contribution in [0.2, 0.25) is 0 Å². The lowest BCUT2D eigenvalue weighted by molar-refractivity contribution is 0.0343. The zero-order valence-electron chi connectivity index (χ0n) is 23.8. The lowest BCUT2D eigenvalue weighted by atomic mass is 9.99. The summed E-state index contributed by atoms with van der Waals surface area (Å²) in [4.78, 5) is 30.3. The number of aliphatic hydroxyl groups excluding tert-OH is 1. The quantitative estimate of drug-likeness (QED) is 0.344. The molecular weight excluding hydrogens is 527 g/mol. The molecule has 10 heteroatoms. The SMILES string of the molecule is COc1ccc(CN(C)C[C@@H]2Oc3c(NC(=O)Nc4ccc(F)cc4)cccc3C(=O)N([C@@H](C)CO)C[C@H]2C)cc1. The molecule has 0 aromatic heterocycles. The lowest BCUT2D eigenvalue weighted by Gasteiger charge is -2.38. The molecule has 0 saturated heterocycles. The fourth-order valence-corrected chi connectivity index (χ4v) is 4.79. The summed E-state index contributed by atoms with van der Waals surface area (Å²) < 4.78 is 25.1. The Morgan fingerprint density at radius 1 is 1.15 bits per heavy atom. The largest absolute Gasteiger partial charge is 0.497 e. The smallest absolute Gasteiger partial charge is 0.323 e. The zero-order valence-corrected chi connectivity index (χ0v) is 23.8. The first-order valence-corrected chi connectivity index (χ1v) is 13.5. The Hall–Kier alpha value is -4.15. The fourth-order valence-electron chi connectivity index (χ4n) is 4.79. The van der Waals surface area contributed by atoms with Gasteiger partial charge in [0.05, 0.1) is 31.0 Å². The van der Waals surface area contributed by atoms with E-state index in [1.807, 2.05) is 38.2 Å². The van der Waals surface area contributed by atoms with E-state index in [-0.39, 0.29) is 30.3 Å². The summed E-state index contributed by atoms with van der Waals surface area (Å²) in [6, 6.07) is 17.3. The van der Waals surface area contributed by atoms with Gasteiger partial charge in [0.15, 0.2) is 5.75 Å². The van der Waals surface area contributed by atoms with Gasteiger partial charge in [-0.15, -0.1) is 0 Å². The molecule has 4 rings (SSSR count). The molecule has 218 valence electrons. The fraction of sp³-hybridized carbons (Fsp3) is 0.355. The van der Waals surface area contributed by atoms with Crippen molar-refractivity contribution in [2.75, 3.05) is 44.5 Å². The summed E-state index contributed by atoms with van der Waals surface area (Å²) in [6.07, 6.45) is -0.346. The maximum Gasteiger partial charge on any atom is 0.323 e. The minimum absolute atomic E-state index is 0.0967. The van der Waals surface area contributed by atoms with E-state index >= 15 is 0 Å². The van der Waals surface area contributed by atoms with E-state index in [0.29, 0.717) is 36.6 Å². The van der Waals surface area contributed by atoms with Crippen LogP contribution in [-0.4, -0.2) is 72.8 Å². The van der Waals surface area contributed by atoms with Crippen molar-refractivity contribution in [2.45, 2.75) is 32.5 Å². The van der Waals surface area contributed by atoms with Crippen molar-refractivity contribution in [1.82, 2.24) is 9.80 Å². The number of amides is 3. The van der Waals surface area contributed by atoms with E-state index in [2.05, 4.69) is 15.5 Å². The number of ether oxygens (including phenoxy) is 2. The molecule has 3 aromatic carbocycles. The number of aliphatic hydroxyl groups is 1. The first-order valence-electron chi connectivity index (χ1n) is 13.5. The number of halogens is 1. The van der Waals surface area contributed by atoms with Crippen LogP contribution in [0.4, 0.5) is 20.6 Å². The lowest BCUT2D eigenvalue weighted by Crippen LogP contribution is -2.49. The van der Waals surface area contributed by atoms with Crippen molar-refractivity contribution < 1.29 is 28.6 Å². The standard InChI is InChI=1S/C31H37FN4O5/c1-20-16-36(21(2)19-37)30(38)26-6-5-7-27(34-31(39)33-24-12-10-23(32)11-13-24)29(26)41-28(20)18-35(3)17-22-8-14-25(40-4)15-9-22/h5-15,20-21,28,37H,16-19H2,1-4H3,(H2,33,34,39)/t20-,21+,28+/m1/s1. The molecule has 1 heterocycles. The highest BCUT2D eigenvalue weighted by Crippen LogP contribution is 2.35. The molecule has 0 saturated carbocycles. The number of hydrogen-bond acceptors (Lipinski definition) is 6. The van der Waals surface area contributed by atoms with E-state index in [9.17, 15) is 19.1 Å². The minimum atomic E-state index is -0.565. The van der Waals surface area contributed by atoms with Crippen LogP contribution in [0.25, 0.3) is 0 Å². The summed E-state index contributed by atoms with van der Waals surface area (Å²) in [6.45, 7) is 5.23. The third-order valence-corrected chi connectivity index (χ3v) is 7.14. The molecular formula is C31H37FN4O5. The van der Waals surface area contributed by atoms with Gasteiger partial charge in [0, 0.05) is 31.2 Å². The van der Waals surface area contributed by atoms with Crippen LogP contribution in [0.3, 0.4) is 0 Å². The summed E-state index contributed by atoms with van der Waals surface area (Å²) >= 11 is 0. The molecule has 3 N–H and O–H groups in total. The average Bonchev–Trinajstić information content (AvgIpc) is 2.96. The Morgan fingerprint density at radius 3 is 2.51 bits per heavy atom. The molecule has 3 aromatic rings. The predicted molar refractivity (Wildman–Crippen MR) is 156 cm³/mol. The van der Waals surface area contributed by atoms with Gasteiger partial charge < -0.3 is 30.1 Å². The molecule has 41 heavy (non-hydrogen) atoms. The molecule has 0 fully saturated rings. The van der Waals surface area contributed by atoms with Crippen LogP contribution in [0.5, 0.6) is 11.5 Å².